The van der Waals surface area contributed by atoms with Gasteiger partial charge < -0.3 is 37.2 Å². The molecule has 0 aromatic heterocycles. The van der Waals surface area contributed by atoms with Crippen molar-refractivity contribution in [2.75, 3.05) is 68.8 Å². The zero-order valence-corrected chi connectivity index (χ0v) is 25.2. The summed E-state index contributed by atoms with van der Waals surface area (Å²) in [7, 11) is 5.27. The lowest BCUT2D eigenvalue weighted by Crippen LogP contribution is -2.43. The van der Waals surface area contributed by atoms with Gasteiger partial charge in [-0.05, 0) is 51.9 Å². The van der Waals surface area contributed by atoms with Crippen LogP contribution < -0.4 is 10.6 Å². The molecule has 0 aromatic carbocycles. The van der Waals surface area contributed by atoms with Crippen LogP contribution in [0.2, 0.25) is 12.1 Å². The smallest absolute Gasteiger partial charge is 0.377 e. The molecule has 0 radical (unpaired) electrons. The Balaban J connectivity index is 3.30. The van der Waals surface area contributed by atoms with E-state index in [4.69, 9.17) is 26.6 Å². The van der Waals surface area contributed by atoms with Crippen molar-refractivity contribution in [2.24, 2.45) is 0 Å². The van der Waals surface area contributed by atoms with Gasteiger partial charge in [-0.2, -0.15) is 0 Å². The maximum Gasteiger partial charge on any atom is 0.500 e. The molecular weight excluding hydrogens is 468 g/mol. The van der Waals surface area contributed by atoms with Crippen LogP contribution in [0.15, 0.2) is 0 Å². The molecule has 0 atom stereocenters. The number of unbranched alkanes of at least 4 members (excludes halogenated alkanes) is 9. The van der Waals surface area contributed by atoms with Gasteiger partial charge in [-0.1, -0.05) is 51.4 Å². The van der Waals surface area contributed by atoms with Crippen molar-refractivity contribution in [3.63, 3.8) is 0 Å². The number of nitrogens with one attached hydrogen (secondary N) is 2. The Bertz CT molecular complexity index is 376. The van der Waals surface area contributed by atoms with E-state index >= 15 is 0 Å². The molecule has 206 valence electrons. The standard InChI is InChI=1S/C24H56N2O6Si2/c1-27-33(28-2,29-3)23-17-21-25-19-15-13-11-9-7-8-10-12-14-16-20-26-22-18-24-34(30-4,31-5)32-6/h25-26H,7-24H2,1-6H3. The molecule has 0 saturated carbocycles. The van der Waals surface area contributed by atoms with E-state index in [1.807, 2.05) is 0 Å². The molecule has 0 fully saturated rings. The average Bonchev–Trinajstić information content (AvgIpc) is 2.88. The number of hydrogen-bond acceptors (Lipinski definition) is 8. The second-order valence-electron chi connectivity index (χ2n) is 8.83. The molecule has 0 spiro atoms. The minimum atomic E-state index is -2.39. The predicted octanol–water partition coefficient (Wildman–Crippen LogP) is 4.60. The van der Waals surface area contributed by atoms with Crippen LogP contribution in [0.25, 0.3) is 0 Å². The normalized spacial score (nSPS) is 12.5. The van der Waals surface area contributed by atoms with Crippen molar-refractivity contribution in [1.82, 2.24) is 10.6 Å². The van der Waals surface area contributed by atoms with Crippen LogP contribution in [0.3, 0.4) is 0 Å². The summed E-state index contributed by atoms with van der Waals surface area (Å²) in [6.45, 7) is 4.20. The number of hydrogen-bond donors (Lipinski definition) is 2. The summed E-state index contributed by atoms with van der Waals surface area (Å²) >= 11 is 0. The van der Waals surface area contributed by atoms with Crippen molar-refractivity contribution in [2.45, 2.75) is 89.1 Å². The minimum absolute atomic E-state index is 0.862. The Morgan fingerprint density at radius 1 is 0.353 bits per heavy atom. The van der Waals surface area contributed by atoms with Crippen molar-refractivity contribution < 1.29 is 26.6 Å². The van der Waals surface area contributed by atoms with Gasteiger partial charge in [-0.25, -0.2) is 0 Å². The topological polar surface area (TPSA) is 79.4 Å². The first-order valence-corrected chi connectivity index (χ1v) is 17.2. The monoisotopic (exact) mass is 524 g/mol. The van der Waals surface area contributed by atoms with Crippen LogP contribution in [0, 0.1) is 0 Å². The zero-order chi connectivity index (χ0) is 25.4. The van der Waals surface area contributed by atoms with Crippen molar-refractivity contribution in [1.29, 1.82) is 0 Å². The van der Waals surface area contributed by atoms with E-state index in [-0.39, 0.29) is 0 Å². The van der Waals surface area contributed by atoms with Gasteiger partial charge in [0, 0.05) is 54.7 Å². The summed E-state index contributed by atoms with van der Waals surface area (Å²) in [4.78, 5) is 0. The summed E-state index contributed by atoms with van der Waals surface area (Å²) in [5.41, 5.74) is 0. The van der Waals surface area contributed by atoms with Crippen molar-refractivity contribution in [3.8, 4) is 0 Å². The molecule has 0 heterocycles. The fraction of sp³-hybridized carbons (Fsp3) is 1.00. The quantitative estimate of drug-likeness (QED) is 0.119. The molecule has 0 bridgehead atoms. The van der Waals surface area contributed by atoms with Crippen LogP contribution in [0.1, 0.15) is 77.0 Å². The maximum atomic E-state index is 5.45. The first kappa shape index (κ1) is 34.1. The van der Waals surface area contributed by atoms with Crippen molar-refractivity contribution in [3.05, 3.63) is 0 Å². The Morgan fingerprint density at radius 2 is 0.588 bits per heavy atom. The largest absolute Gasteiger partial charge is 0.500 e. The molecule has 0 aliphatic carbocycles. The van der Waals surface area contributed by atoms with E-state index in [1.165, 1.54) is 64.2 Å². The second kappa shape index (κ2) is 23.5. The van der Waals surface area contributed by atoms with Gasteiger partial charge in [-0.15, -0.1) is 0 Å². The van der Waals surface area contributed by atoms with E-state index < -0.39 is 17.6 Å². The van der Waals surface area contributed by atoms with Gasteiger partial charge >= 0.3 is 17.6 Å². The van der Waals surface area contributed by atoms with Gasteiger partial charge in [0.1, 0.15) is 0 Å². The van der Waals surface area contributed by atoms with Crippen LogP contribution in [-0.4, -0.2) is 86.4 Å². The third-order valence-electron chi connectivity index (χ3n) is 6.50. The Kier molecular flexibility index (Phi) is 23.6. The van der Waals surface area contributed by atoms with E-state index in [2.05, 4.69) is 10.6 Å². The Hall–Kier alpha value is 0.114. The summed E-state index contributed by atoms with van der Waals surface area (Å²) in [6, 6.07) is 1.72. The molecule has 34 heavy (non-hydrogen) atoms. The van der Waals surface area contributed by atoms with Gasteiger partial charge in [0.05, 0.1) is 0 Å². The lowest BCUT2D eigenvalue weighted by atomic mass is 10.1. The molecule has 0 saturated heterocycles. The van der Waals surface area contributed by atoms with E-state index in [0.717, 1.165) is 51.1 Å². The van der Waals surface area contributed by atoms with Gasteiger partial charge in [0.25, 0.3) is 0 Å². The molecule has 2 N–H and O–H groups in total. The molecule has 0 amide bonds. The zero-order valence-electron chi connectivity index (χ0n) is 23.2. The molecule has 8 nitrogen and oxygen atoms in total. The molecule has 0 aliphatic rings. The molecule has 10 heteroatoms. The molecule has 0 rings (SSSR count). The molecule has 0 aromatic rings. The second-order valence-corrected chi connectivity index (χ2v) is 15.0. The van der Waals surface area contributed by atoms with Crippen LogP contribution in [0.4, 0.5) is 0 Å². The first-order chi connectivity index (χ1) is 16.6. The fourth-order valence-electron chi connectivity index (χ4n) is 4.14. The Labute approximate surface area is 212 Å². The minimum Gasteiger partial charge on any atom is -0.377 e. The fourth-order valence-corrected chi connectivity index (χ4v) is 7.58. The summed E-state index contributed by atoms with van der Waals surface area (Å²) in [5, 5.41) is 7.05. The summed E-state index contributed by atoms with van der Waals surface area (Å²) < 4.78 is 32.7. The van der Waals surface area contributed by atoms with E-state index in [1.54, 1.807) is 42.7 Å². The molecule has 0 unspecified atom stereocenters. The lowest BCUT2D eigenvalue weighted by molar-refractivity contribution is 0.122. The predicted molar refractivity (Wildman–Crippen MR) is 144 cm³/mol. The summed E-state index contributed by atoms with van der Waals surface area (Å²) in [6.07, 6.45) is 15.5. The maximum absolute atomic E-state index is 5.45. The third-order valence-corrected chi connectivity index (χ3v) is 12.2. The number of rotatable bonds is 27. The van der Waals surface area contributed by atoms with E-state index in [9.17, 15) is 0 Å². The molecular formula is C24H56N2O6Si2. The first-order valence-electron chi connectivity index (χ1n) is 13.3. The lowest BCUT2D eigenvalue weighted by Gasteiger charge is -2.24. The summed E-state index contributed by atoms with van der Waals surface area (Å²) in [5.74, 6) is 0. The van der Waals surface area contributed by atoms with Gasteiger partial charge in [0.15, 0.2) is 0 Å². The highest BCUT2D eigenvalue weighted by Gasteiger charge is 2.37. The Morgan fingerprint density at radius 3 is 0.853 bits per heavy atom. The van der Waals surface area contributed by atoms with Crippen molar-refractivity contribution >= 4 is 17.6 Å². The highest BCUT2D eigenvalue weighted by molar-refractivity contribution is 6.60. The van der Waals surface area contributed by atoms with Gasteiger partial charge in [-0.3, -0.25) is 0 Å². The molecule has 0 aliphatic heterocycles. The highest BCUT2D eigenvalue weighted by Crippen LogP contribution is 2.15. The van der Waals surface area contributed by atoms with E-state index in [0.29, 0.717) is 0 Å². The van der Waals surface area contributed by atoms with Crippen LogP contribution >= 0.6 is 0 Å². The van der Waals surface area contributed by atoms with Gasteiger partial charge in [0.2, 0.25) is 0 Å². The van der Waals surface area contributed by atoms with Crippen LogP contribution in [0.5, 0.6) is 0 Å². The third kappa shape index (κ3) is 16.7. The highest BCUT2D eigenvalue weighted by atomic mass is 28.4. The van der Waals surface area contributed by atoms with Crippen LogP contribution in [-0.2, 0) is 26.6 Å². The average molecular weight is 525 g/mol. The SMILES string of the molecule is CO[Si](CCCNCCCCCCCCCCCCNCCC[Si](OC)(OC)OC)(OC)OC.